The van der Waals surface area contributed by atoms with Crippen molar-refractivity contribution < 1.29 is 14.5 Å². The molecule has 0 spiro atoms. The van der Waals surface area contributed by atoms with Crippen molar-refractivity contribution in [3.63, 3.8) is 0 Å². The lowest BCUT2D eigenvalue weighted by Crippen LogP contribution is -1.99. The van der Waals surface area contributed by atoms with Crippen molar-refractivity contribution in [2.24, 2.45) is 0 Å². The lowest BCUT2D eigenvalue weighted by molar-refractivity contribution is -0.384. The van der Waals surface area contributed by atoms with E-state index in [2.05, 4.69) is 0 Å². The van der Waals surface area contributed by atoms with Crippen LogP contribution in [0.15, 0.2) is 48.7 Å². The number of nitro benzene ring substituents is 1. The van der Waals surface area contributed by atoms with Crippen molar-refractivity contribution in [1.29, 1.82) is 0 Å². The number of aromatic nitrogens is 1. The molecule has 2 aromatic carbocycles. The van der Waals surface area contributed by atoms with E-state index in [0.29, 0.717) is 17.5 Å². The van der Waals surface area contributed by atoms with E-state index < -0.39 is 4.92 Å². The van der Waals surface area contributed by atoms with E-state index in [0.717, 1.165) is 17.2 Å². The zero-order valence-electron chi connectivity index (χ0n) is 11.3. The maximum Gasteiger partial charge on any atom is 0.270 e. The summed E-state index contributed by atoms with van der Waals surface area (Å²) in [4.78, 5) is 32.7. The van der Waals surface area contributed by atoms with Crippen LogP contribution >= 0.6 is 0 Å². The molecule has 22 heavy (non-hydrogen) atoms. The summed E-state index contributed by atoms with van der Waals surface area (Å²) in [7, 11) is 0. The maximum atomic E-state index is 11.3. The summed E-state index contributed by atoms with van der Waals surface area (Å²) in [6, 6.07) is 11.3. The summed E-state index contributed by atoms with van der Waals surface area (Å²) in [5.74, 6) is 0. The third-order valence-corrected chi connectivity index (χ3v) is 3.48. The van der Waals surface area contributed by atoms with Gasteiger partial charge in [-0.1, -0.05) is 18.2 Å². The predicted octanol–water partition coefficient (Wildman–Crippen LogP) is 3.16. The number of carbonyl (C=O) groups is 2. The van der Waals surface area contributed by atoms with Crippen LogP contribution < -0.4 is 0 Å². The highest BCUT2D eigenvalue weighted by Gasteiger charge is 2.15. The van der Waals surface area contributed by atoms with Gasteiger partial charge in [0.1, 0.15) is 0 Å². The maximum absolute atomic E-state index is 11.3. The third-order valence-electron chi connectivity index (χ3n) is 3.48. The summed E-state index contributed by atoms with van der Waals surface area (Å²) in [6.45, 7) is 0. The Kier molecular flexibility index (Phi) is 3.27. The standard InChI is InChI=1S/C16H10N2O4/c19-9-11-7-13(18(21)22)5-6-15(11)17-8-12(10-20)14-3-1-2-4-16(14)17/h1-10H. The largest absolute Gasteiger partial charge is 0.315 e. The molecule has 0 fully saturated rings. The minimum Gasteiger partial charge on any atom is -0.315 e. The van der Waals surface area contributed by atoms with E-state index >= 15 is 0 Å². The van der Waals surface area contributed by atoms with Crippen molar-refractivity contribution in [3.8, 4) is 5.69 Å². The highest BCUT2D eigenvalue weighted by atomic mass is 16.6. The summed E-state index contributed by atoms with van der Waals surface area (Å²) >= 11 is 0. The fraction of sp³-hybridized carbons (Fsp3) is 0. The molecule has 0 radical (unpaired) electrons. The molecule has 1 aromatic heterocycles. The molecule has 3 rings (SSSR count). The van der Waals surface area contributed by atoms with E-state index in [1.165, 1.54) is 18.2 Å². The van der Waals surface area contributed by atoms with E-state index in [-0.39, 0.29) is 11.3 Å². The number of hydrogen-bond donors (Lipinski definition) is 0. The van der Waals surface area contributed by atoms with E-state index in [9.17, 15) is 19.7 Å². The van der Waals surface area contributed by atoms with Gasteiger partial charge in [0.15, 0.2) is 12.6 Å². The van der Waals surface area contributed by atoms with Gasteiger partial charge in [-0.25, -0.2) is 0 Å². The molecule has 0 aliphatic heterocycles. The van der Waals surface area contributed by atoms with Crippen molar-refractivity contribution >= 4 is 29.2 Å². The van der Waals surface area contributed by atoms with Gasteiger partial charge in [-0.2, -0.15) is 0 Å². The van der Waals surface area contributed by atoms with Gasteiger partial charge in [0.05, 0.1) is 16.1 Å². The summed E-state index contributed by atoms with van der Waals surface area (Å²) < 4.78 is 1.69. The second kappa shape index (κ2) is 5.25. The fourth-order valence-electron chi connectivity index (χ4n) is 2.47. The lowest BCUT2D eigenvalue weighted by Gasteiger charge is -2.08. The Bertz CT molecular complexity index is 912. The molecule has 3 aromatic rings. The smallest absolute Gasteiger partial charge is 0.270 e. The minimum atomic E-state index is -0.554. The fourth-order valence-corrected chi connectivity index (χ4v) is 2.47. The van der Waals surface area contributed by atoms with E-state index in [1.807, 2.05) is 24.3 Å². The molecule has 0 N–H and O–H groups in total. The molecular weight excluding hydrogens is 284 g/mol. The van der Waals surface area contributed by atoms with Crippen LogP contribution in [0.5, 0.6) is 0 Å². The number of hydrogen-bond acceptors (Lipinski definition) is 4. The van der Waals surface area contributed by atoms with E-state index in [4.69, 9.17) is 0 Å². The number of benzene rings is 2. The van der Waals surface area contributed by atoms with Crippen LogP contribution in [0.4, 0.5) is 5.69 Å². The zero-order valence-corrected chi connectivity index (χ0v) is 11.3. The Morgan fingerprint density at radius 2 is 1.73 bits per heavy atom. The molecule has 1 heterocycles. The van der Waals surface area contributed by atoms with Crippen LogP contribution in [-0.2, 0) is 0 Å². The van der Waals surface area contributed by atoms with Crippen LogP contribution in [0.1, 0.15) is 20.7 Å². The van der Waals surface area contributed by atoms with E-state index in [1.54, 1.807) is 10.8 Å². The number of aldehydes is 2. The molecule has 6 nitrogen and oxygen atoms in total. The monoisotopic (exact) mass is 294 g/mol. The molecule has 6 heteroatoms. The molecule has 0 saturated heterocycles. The van der Waals surface area contributed by atoms with Gasteiger partial charge in [0.2, 0.25) is 0 Å². The summed E-state index contributed by atoms with van der Waals surface area (Å²) in [6.07, 6.45) is 2.92. The highest BCUT2D eigenvalue weighted by molar-refractivity contribution is 5.99. The number of fused-ring (bicyclic) bond motifs is 1. The van der Waals surface area contributed by atoms with Crippen LogP contribution in [-0.4, -0.2) is 22.1 Å². The predicted molar refractivity (Wildman–Crippen MR) is 80.7 cm³/mol. The Labute approximate surface area is 124 Å². The SMILES string of the molecule is O=Cc1cc([N+](=O)[O-])ccc1-n1cc(C=O)c2ccccc21. The molecule has 0 aliphatic rings. The first-order chi connectivity index (χ1) is 10.7. The van der Waals surface area contributed by atoms with Crippen LogP contribution in [0, 0.1) is 10.1 Å². The van der Waals surface area contributed by atoms with Gasteiger partial charge in [-0.3, -0.25) is 19.7 Å². The van der Waals surface area contributed by atoms with Crippen molar-refractivity contribution in [2.75, 3.05) is 0 Å². The average molecular weight is 294 g/mol. The van der Waals surface area contributed by atoms with Crippen molar-refractivity contribution in [1.82, 2.24) is 4.57 Å². The number of nitro groups is 1. The van der Waals surface area contributed by atoms with Crippen LogP contribution in [0.3, 0.4) is 0 Å². The Balaban J connectivity index is 2.30. The van der Waals surface area contributed by atoms with Gasteiger partial charge in [-0.05, 0) is 12.1 Å². The van der Waals surface area contributed by atoms with Gasteiger partial charge >= 0.3 is 0 Å². The molecular formula is C16H10N2O4. The first-order valence-electron chi connectivity index (χ1n) is 6.45. The quantitative estimate of drug-likeness (QED) is 0.420. The topological polar surface area (TPSA) is 82.2 Å². The number of nitrogens with zero attached hydrogens (tertiary/aromatic N) is 2. The molecule has 0 atom stereocenters. The Hall–Kier alpha value is -3.28. The zero-order chi connectivity index (χ0) is 15.7. The number of rotatable bonds is 4. The summed E-state index contributed by atoms with van der Waals surface area (Å²) in [5, 5.41) is 11.6. The first kappa shape index (κ1) is 13.7. The number of non-ortho nitro benzene ring substituents is 1. The average Bonchev–Trinajstić information content (AvgIpc) is 2.92. The lowest BCUT2D eigenvalue weighted by atomic mass is 10.1. The second-order valence-corrected chi connectivity index (χ2v) is 4.71. The normalized spacial score (nSPS) is 10.5. The molecule has 0 unspecified atom stereocenters. The first-order valence-corrected chi connectivity index (χ1v) is 6.45. The highest BCUT2D eigenvalue weighted by Crippen LogP contribution is 2.27. The molecule has 0 saturated carbocycles. The summed E-state index contributed by atoms with van der Waals surface area (Å²) in [5.41, 5.74) is 1.77. The van der Waals surface area contributed by atoms with Crippen LogP contribution in [0.25, 0.3) is 16.6 Å². The Morgan fingerprint density at radius 1 is 1.00 bits per heavy atom. The molecule has 0 amide bonds. The third kappa shape index (κ3) is 2.07. The molecule has 0 bridgehead atoms. The number of para-hydroxylation sites is 1. The molecule has 0 aliphatic carbocycles. The minimum absolute atomic E-state index is 0.155. The van der Waals surface area contributed by atoms with Gasteiger partial charge < -0.3 is 4.57 Å². The molecule has 108 valence electrons. The van der Waals surface area contributed by atoms with Gasteiger partial charge in [0.25, 0.3) is 5.69 Å². The van der Waals surface area contributed by atoms with Gasteiger partial charge in [-0.15, -0.1) is 0 Å². The van der Waals surface area contributed by atoms with Gasteiger partial charge in [0, 0.05) is 34.8 Å². The second-order valence-electron chi connectivity index (χ2n) is 4.71. The Morgan fingerprint density at radius 3 is 2.41 bits per heavy atom. The van der Waals surface area contributed by atoms with Crippen LogP contribution in [0.2, 0.25) is 0 Å². The van der Waals surface area contributed by atoms with Crippen molar-refractivity contribution in [2.45, 2.75) is 0 Å². The van der Waals surface area contributed by atoms with Crippen molar-refractivity contribution in [3.05, 3.63) is 69.9 Å². The number of carbonyl (C=O) groups excluding carboxylic acids is 2.